The van der Waals surface area contributed by atoms with Crippen LogP contribution in [-0.2, 0) is 6.54 Å². The van der Waals surface area contributed by atoms with Gasteiger partial charge in [-0.1, -0.05) is 13.8 Å². The zero-order chi connectivity index (χ0) is 9.68. The van der Waals surface area contributed by atoms with E-state index in [9.17, 15) is 0 Å². The largest absolute Gasteiger partial charge is 0.300 e. The quantitative estimate of drug-likeness (QED) is 0.756. The molecule has 0 spiro atoms. The Bertz CT molecular complexity index is 259. The Kier molecular flexibility index (Phi) is 4.39. The van der Waals surface area contributed by atoms with Gasteiger partial charge in [-0.05, 0) is 46.7 Å². The maximum atomic E-state index is 4.10. The first kappa shape index (κ1) is 10.7. The molecule has 13 heavy (non-hydrogen) atoms. The highest BCUT2D eigenvalue weighted by Crippen LogP contribution is 2.10. The summed E-state index contributed by atoms with van der Waals surface area (Å²) in [6, 6.07) is 4.13. The number of halogens is 1. The first-order valence-electron chi connectivity index (χ1n) is 4.59. The molecule has 0 fully saturated rings. The van der Waals surface area contributed by atoms with E-state index in [1.54, 1.807) is 0 Å². The van der Waals surface area contributed by atoms with Gasteiger partial charge in [0.15, 0.2) is 0 Å². The highest BCUT2D eigenvalue weighted by Gasteiger charge is 2.00. The minimum absolute atomic E-state index is 0.914. The van der Waals surface area contributed by atoms with Gasteiger partial charge in [0, 0.05) is 12.7 Å². The summed E-state index contributed by atoms with van der Waals surface area (Å²) in [6.07, 6.45) is 1.84. The lowest BCUT2D eigenvalue weighted by Crippen LogP contribution is -2.22. The van der Waals surface area contributed by atoms with Crippen molar-refractivity contribution in [1.29, 1.82) is 0 Å². The molecule has 1 rings (SSSR count). The Hall–Kier alpha value is -0.410. The monoisotopic (exact) mass is 242 g/mol. The molecule has 0 amide bonds. The average Bonchev–Trinajstić information content (AvgIpc) is 2.14. The van der Waals surface area contributed by atoms with Gasteiger partial charge >= 0.3 is 0 Å². The molecule has 0 radical (unpaired) electrons. The summed E-state index contributed by atoms with van der Waals surface area (Å²) in [7, 11) is 0. The van der Waals surface area contributed by atoms with Crippen LogP contribution >= 0.6 is 15.9 Å². The van der Waals surface area contributed by atoms with Gasteiger partial charge in [-0.2, -0.15) is 0 Å². The van der Waals surface area contributed by atoms with E-state index >= 15 is 0 Å². The van der Waals surface area contributed by atoms with Crippen molar-refractivity contribution in [2.24, 2.45) is 0 Å². The van der Waals surface area contributed by atoms with Crippen molar-refractivity contribution in [2.75, 3.05) is 13.1 Å². The van der Waals surface area contributed by atoms with Gasteiger partial charge < -0.3 is 0 Å². The molecule has 1 aromatic rings. The van der Waals surface area contributed by atoms with E-state index in [1.807, 2.05) is 6.20 Å². The Labute approximate surface area is 88.1 Å². The highest BCUT2D eigenvalue weighted by atomic mass is 79.9. The molecule has 2 nitrogen and oxygen atoms in total. The number of nitrogens with zero attached hydrogens (tertiary/aromatic N) is 2. The van der Waals surface area contributed by atoms with Gasteiger partial charge in [0.25, 0.3) is 0 Å². The van der Waals surface area contributed by atoms with Gasteiger partial charge in [-0.25, -0.2) is 4.98 Å². The Morgan fingerprint density at radius 3 is 2.62 bits per heavy atom. The van der Waals surface area contributed by atoms with Crippen molar-refractivity contribution in [1.82, 2.24) is 9.88 Å². The van der Waals surface area contributed by atoms with E-state index in [0.717, 1.165) is 24.2 Å². The standard InChI is InChI=1S/C10H15BrN2/c1-3-13(4-2)8-9-5-6-12-10(11)7-9/h5-7H,3-4,8H2,1-2H3. The van der Waals surface area contributed by atoms with Crippen molar-refractivity contribution < 1.29 is 0 Å². The molecule has 0 N–H and O–H groups in total. The van der Waals surface area contributed by atoms with Crippen LogP contribution in [0.25, 0.3) is 0 Å². The summed E-state index contributed by atoms with van der Waals surface area (Å²) in [5.41, 5.74) is 1.31. The smallest absolute Gasteiger partial charge is 0.106 e. The maximum Gasteiger partial charge on any atom is 0.106 e. The SMILES string of the molecule is CCN(CC)Cc1ccnc(Br)c1. The molecular weight excluding hydrogens is 228 g/mol. The van der Waals surface area contributed by atoms with Crippen molar-refractivity contribution in [2.45, 2.75) is 20.4 Å². The summed E-state index contributed by atoms with van der Waals surface area (Å²) in [4.78, 5) is 6.47. The van der Waals surface area contributed by atoms with Crippen LogP contribution in [0.3, 0.4) is 0 Å². The van der Waals surface area contributed by atoms with E-state index in [2.05, 4.69) is 51.8 Å². The van der Waals surface area contributed by atoms with E-state index in [-0.39, 0.29) is 0 Å². The molecule has 0 atom stereocenters. The number of hydrogen-bond donors (Lipinski definition) is 0. The lowest BCUT2D eigenvalue weighted by molar-refractivity contribution is 0.295. The third-order valence-electron chi connectivity index (χ3n) is 2.09. The van der Waals surface area contributed by atoms with Crippen LogP contribution in [0.15, 0.2) is 22.9 Å². The fourth-order valence-electron chi connectivity index (χ4n) is 1.25. The second-order valence-electron chi connectivity index (χ2n) is 2.95. The Morgan fingerprint density at radius 2 is 2.08 bits per heavy atom. The second kappa shape index (κ2) is 5.35. The number of hydrogen-bond acceptors (Lipinski definition) is 2. The van der Waals surface area contributed by atoms with Gasteiger partial charge in [0.2, 0.25) is 0 Å². The predicted molar refractivity (Wildman–Crippen MR) is 58.6 cm³/mol. The second-order valence-corrected chi connectivity index (χ2v) is 3.76. The third-order valence-corrected chi connectivity index (χ3v) is 2.53. The molecule has 1 aromatic heterocycles. The van der Waals surface area contributed by atoms with E-state index in [4.69, 9.17) is 0 Å². The predicted octanol–water partition coefficient (Wildman–Crippen LogP) is 2.69. The average molecular weight is 243 g/mol. The van der Waals surface area contributed by atoms with Crippen molar-refractivity contribution in [3.05, 3.63) is 28.5 Å². The molecule has 0 aliphatic heterocycles. The van der Waals surface area contributed by atoms with Crippen LogP contribution in [-0.4, -0.2) is 23.0 Å². The van der Waals surface area contributed by atoms with Crippen LogP contribution in [0.2, 0.25) is 0 Å². The highest BCUT2D eigenvalue weighted by molar-refractivity contribution is 9.10. The third kappa shape index (κ3) is 3.44. The van der Waals surface area contributed by atoms with Gasteiger partial charge in [0.05, 0.1) is 0 Å². The molecule has 0 bridgehead atoms. The molecule has 0 saturated carbocycles. The van der Waals surface area contributed by atoms with Crippen LogP contribution in [0.1, 0.15) is 19.4 Å². The van der Waals surface area contributed by atoms with Crippen LogP contribution in [0, 0.1) is 0 Å². The Morgan fingerprint density at radius 1 is 1.38 bits per heavy atom. The summed E-state index contributed by atoms with van der Waals surface area (Å²) in [6.45, 7) is 7.56. The van der Waals surface area contributed by atoms with Crippen molar-refractivity contribution in [3.63, 3.8) is 0 Å². The van der Waals surface area contributed by atoms with Crippen molar-refractivity contribution in [3.8, 4) is 0 Å². The zero-order valence-electron chi connectivity index (χ0n) is 8.13. The summed E-state index contributed by atoms with van der Waals surface area (Å²) >= 11 is 3.37. The number of pyridine rings is 1. The topological polar surface area (TPSA) is 16.1 Å². The minimum atomic E-state index is 0.914. The van der Waals surface area contributed by atoms with Crippen LogP contribution < -0.4 is 0 Å². The van der Waals surface area contributed by atoms with Gasteiger partial charge in [-0.15, -0.1) is 0 Å². The number of aromatic nitrogens is 1. The fourth-order valence-corrected chi connectivity index (χ4v) is 1.66. The molecule has 0 saturated heterocycles. The maximum absolute atomic E-state index is 4.10. The Balaban J connectivity index is 2.62. The lowest BCUT2D eigenvalue weighted by atomic mass is 10.2. The normalized spacial score (nSPS) is 10.8. The summed E-state index contributed by atoms with van der Waals surface area (Å²) in [5.74, 6) is 0. The zero-order valence-corrected chi connectivity index (χ0v) is 9.71. The van der Waals surface area contributed by atoms with E-state index in [0.29, 0.717) is 0 Å². The summed E-state index contributed by atoms with van der Waals surface area (Å²) < 4.78 is 0.914. The molecule has 3 heteroatoms. The molecule has 0 aliphatic carbocycles. The van der Waals surface area contributed by atoms with Gasteiger partial charge in [0.1, 0.15) is 4.60 Å². The molecule has 0 aromatic carbocycles. The molecule has 0 aliphatic rings. The van der Waals surface area contributed by atoms with Crippen molar-refractivity contribution >= 4 is 15.9 Å². The molecular formula is C10H15BrN2. The van der Waals surface area contributed by atoms with Gasteiger partial charge in [-0.3, -0.25) is 4.90 Å². The van der Waals surface area contributed by atoms with E-state index in [1.165, 1.54) is 5.56 Å². The van der Waals surface area contributed by atoms with Crippen LogP contribution in [0.4, 0.5) is 0 Å². The first-order valence-corrected chi connectivity index (χ1v) is 5.38. The molecule has 72 valence electrons. The summed E-state index contributed by atoms with van der Waals surface area (Å²) in [5, 5.41) is 0. The van der Waals surface area contributed by atoms with Crippen LogP contribution in [0.5, 0.6) is 0 Å². The lowest BCUT2D eigenvalue weighted by Gasteiger charge is -2.17. The van der Waals surface area contributed by atoms with E-state index < -0.39 is 0 Å². The number of rotatable bonds is 4. The molecule has 1 heterocycles. The minimum Gasteiger partial charge on any atom is -0.300 e. The first-order chi connectivity index (χ1) is 6.26. The molecule has 0 unspecified atom stereocenters. The fraction of sp³-hybridized carbons (Fsp3) is 0.500.